The van der Waals surface area contributed by atoms with Gasteiger partial charge in [0, 0.05) is 17.7 Å². The molecule has 0 radical (unpaired) electrons. The second kappa shape index (κ2) is 7.67. The molecule has 11 nitrogen and oxygen atoms in total. The maximum Gasteiger partial charge on any atom is 0.349 e. The van der Waals surface area contributed by atoms with Crippen LogP contribution in [0.2, 0.25) is 0 Å². The number of ether oxygens (including phenoxy) is 2. The van der Waals surface area contributed by atoms with Gasteiger partial charge in [-0.2, -0.15) is 9.94 Å². The van der Waals surface area contributed by atoms with E-state index in [1.807, 2.05) is 25.8 Å². The molecule has 0 fully saturated rings. The summed E-state index contributed by atoms with van der Waals surface area (Å²) in [6.45, 7) is 5.67. The highest BCUT2D eigenvalue weighted by molar-refractivity contribution is 5.49. The quantitative estimate of drug-likeness (QED) is 0.644. The molecule has 0 saturated carbocycles. The molecule has 1 aromatic carbocycles. The molecular formula is C19H18N6O5. The molecular weight excluding hydrogens is 392 g/mol. The van der Waals surface area contributed by atoms with E-state index in [0.717, 1.165) is 4.68 Å². The molecule has 3 aromatic rings. The lowest BCUT2D eigenvalue weighted by atomic mass is 9.88. The Morgan fingerprint density at radius 2 is 1.83 bits per heavy atom. The van der Waals surface area contributed by atoms with E-state index < -0.39 is 22.4 Å². The number of nitrogens with one attached hydrogen (secondary N) is 2. The smallest absolute Gasteiger partial charge is 0.349 e. The first kappa shape index (κ1) is 20.5. The predicted octanol–water partition coefficient (Wildman–Crippen LogP) is 0.974. The fourth-order valence-corrected chi connectivity index (χ4v) is 2.63. The van der Waals surface area contributed by atoms with Crippen LogP contribution in [0.25, 0.3) is 5.69 Å². The van der Waals surface area contributed by atoms with Gasteiger partial charge in [-0.05, 0) is 17.5 Å². The molecule has 0 aliphatic carbocycles. The molecule has 0 aliphatic rings. The van der Waals surface area contributed by atoms with Crippen LogP contribution in [0.5, 0.6) is 17.4 Å². The zero-order valence-corrected chi connectivity index (χ0v) is 16.6. The SMILES string of the molecule is COc1cc(-n2nc(C#N)c(=O)[nH]c2=O)ccc1Oc1cc(C(C)(C)C)c(=O)[nH]n1. The van der Waals surface area contributed by atoms with E-state index in [1.54, 1.807) is 12.1 Å². The summed E-state index contributed by atoms with van der Waals surface area (Å²) in [5.74, 6) is 0.645. The number of nitriles is 1. The van der Waals surface area contributed by atoms with Crippen molar-refractivity contribution < 1.29 is 9.47 Å². The summed E-state index contributed by atoms with van der Waals surface area (Å²) in [4.78, 5) is 37.6. The Labute approximate surface area is 169 Å². The molecule has 0 unspecified atom stereocenters. The lowest BCUT2D eigenvalue weighted by Crippen LogP contribution is -2.33. The second-order valence-electron chi connectivity index (χ2n) is 7.27. The van der Waals surface area contributed by atoms with E-state index in [4.69, 9.17) is 14.7 Å². The lowest BCUT2D eigenvalue weighted by molar-refractivity contribution is 0.371. The zero-order chi connectivity index (χ0) is 22.1. The van der Waals surface area contributed by atoms with E-state index in [-0.39, 0.29) is 28.6 Å². The van der Waals surface area contributed by atoms with Crippen molar-refractivity contribution >= 4 is 0 Å². The van der Waals surface area contributed by atoms with Crippen LogP contribution in [0, 0.1) is 11.3 Å². The van der Waals surface area contributed by atoms with Crippen molar-refractivity contribution in [2.45, 2.75) is 26.2 Å². The van der Waals surface area contributed by atoms with Crippen LogP contribution in [-0.4, -0.2) is 32.1 Å². The van der Waals surface area contributed by atoms with Crippen molar-refractivity contribution in [3.05, 3.63) is 66.7 Å². The normalized spacial score (nSPS) is 11.0. The monoisotopic (exact) mass is 410 g/mol. The van der Waals surface area contributed by atoms with Gasteiger partial charge >= 0.3 is 5.69 Å². The molecule has 0 spiro atoms. The highest BCUT2D eigenvalue weighted by atomic mass is 16.5. The fraction of sp³-hybridized carbons (Fsp3) is 0.263. The first-order chi connectivity index (χ1) is 14.1. The van der Waals surface area contributed by atoms with Crippen LogP contribution in [-0.2, 0) is 5.41 Å². The van der Waals surface area contributed by atoms with Gasteiger partial charge in [0.15, 0.2) is 11.5 Å². The van der Waals surface area contributed by atoms with Gasteiger partial charge in [-0.15, -0.1) is 10.2 Å². The molecule has 30 heavy (non-hydrogen) atoms. The van der Waals surface area contributed by atoms with Crippen LogP contribution in [0.4, 0.5) is 0 Å². The van der Waals surface area contributed by atoms with Gasteiger partial charge in [0.05, 0.1) is 12.8 Å². The number of aromatic nitrogens is 5. The van der Waals surface area contributed by atoms with Gasteiger partial charge in [-0.1, -0.05) is 20.8 Å². The number of methoxy groups -OCH3 is 1. The summed E-state index contributed by atoms with van der Waals surface area (Å²) in [5.41, 5.74) is -2.14. The van der Waals surface area contributed by atoms with E-state index >= 15 is 0 Å². The molecule has 2 heterocycles. The molecule has 0 bridgehead atoms. The van der Waals surface area contributed by atoms with Crippen molar-refractivity contribution in [1.82, 2.24) is 25.0 Å². The molecule has 0 amide bonds. The summed E-state index contributed by atoms with van der Waals surface area (Å²) in [7, 11) is 1.40. The van der Waals surface area contributed by atoms with Gasteiger partial charge < -0.3 is 9.47 Å². The molecule has 0 atom stereocenters. The van der Waals surface area contributed by atoms with Crippen LogP contribution >= 0.6 is 0 Å². The predicted molar refractivity (Wildman–Crippen MR) is 105 cm³/mol. The Hall–Kier alpha value is -4.20. The minimum Gasteiger partial charge on any atom is -0.493 e. The van der Waals surface area contributed by atoms with E-state index in [1.165, 1.54) is 25.3 Å². The highest BCUT2D eigenvalue weighted by Gasteiger charge is 2.20. The zero-order valence-electron chi connectivity index (χ0n) is 16.6. The number of nitrogens with zero attached hydrogens (tertiary/aromatic N) is 4. The summed E-state index contributed by atoms with van der Waals surface area (Å²) >= 11 is 0. The topological polar surface area (TPSA) is 156 Å². The third-order valence-electron chi connectivity index (χ3n) is 4.13. The van der Waals surface area contributed by atoms with Crippen LogP contribution in [0.1, 0.15) is 32.0 Å². The van der Waals surface area contributed by atoms with Gasteiger partial charge in [-0.3, -0.25) is 14.6 Å². The number of hydrogen-bond donors (Lipinski definition) is 2. The van der Waals surface area contributed by atoms with E-state index in [9.17, 15) is 14.4 Å². The third-order valence-corrected chi connectivity index (χ3v) is 4.13. The molecule has 0 saturated heterocycles. The lowest BCUT2D eigenvalue weighted by Gasteiger charge is -2.18. The first-order valence-electron chi connectivity index (χ1n) is 8.74. The van der Waals surface area contributed by atoms with Crippen molar-refractivity contribution in [1.29, 1.82) is 5.26 Å². The second-order valence-corrected chi connectivity index (χ2v) is 7.27. The Bertz CT molecular complexity index is 1320. The minimum absolute atomic E-state index is 0.150. The average molecular weight is 410 g/mol. The van der Waals surface area contributed by atoms with E-state index in [2.05, 4.69) is 15.3 Å². The molecule has 0 aliphatic heterocycles. The fourth-order valence-electron chi connectivity index (χ4n) is 2.63. The minimum atomic E-state index is -0.871. The molecule has 11 heteroatoms. The number of aromatic amines is 2. The third kappa shape index (κ3) is 3.97. The van der Waals surface area contributed by atoms with Crippen molar-refractivity contribution in [3.63, 3.8) is 0 Å². The standard InChI is InChI=1S/C19H18N6O5/c1-19(2,3)11-8-15(22-23-16(11)26)30-13-6-5-10(7-14(13)29-4)25-18(28)21-17(27)12(9-20)24-25/h5-8H,1-4H3,(H,23,26)(H,21,27,28). The van der Waals surface area contributed by atoms with Gasteiger partial charge in [0.2, 0.25) is 11.6 Å². The summed E-state index contributed by atoms with van der Waals surface area (Å²) < 4.78 is 11.9. The van der Waals surface area contributed by atoms with Gasteiger partial charge in [0.1, 0.15) is 6.07 Å². The molecule has 154 valence electrons. The van der Waals surface area contributed by atoms with Crippen molar-refractivity contribution in [2.24, 2.45) is 0 Å². The Morgan fingerprint density at radius 1 is 1.10 bits per heavy atom. The number of hydrogen-bond acceptors (Lipinski definition) is 8. The van der Waals surface area contributed by atoms with Gasteiger partial charge in [-0.25, -0.2) is 9.89 Å². The summed E-state index contributed by atoms with van der Waals surface area (Å²) in [6, 6.07) is 7.60. The van der Waals surface area contributed by atoms with Crippen molar-refractivity contribution in [2.75, 3.05) is 7.11 Å². The largest absolute Gasteiger partial charge is 0.493 e. The summed E-state index contributed by atoms with van der Waals surface area (Å²) in [5, 5.41) is 19.0. The Balaban J connectivity index is 2.03. The maximum atomic E-state index is 12.1. The first-order valence-corrected chi connectivity index (χ1v) is 8.74. The number of H-pyrrole nitrogens is 2. The Morgan fingerprint density at radius 3 is 2.47 bits per heavy atom. The Kier molecular flexibility index (Phi) is 5.25. The highest BCUT2D eigenvalue weighted by Crippen LogP contribution is 2.32. The summed E-state index contributed by atoms with van der Waals surface area (Å²) in [6.07, 6.45) is 0. The van der Waals surface area contributed by atoms with E-state index in [0.29, 0.717) is 5.56 Å². The molecule has 2 aromatic heterocycles. The van der Waals surface area contributed by atoms with Crippen LogP contribution in [0.3, 0.4) is 0 Å². The average Bonchev–Trinajstić information content (AvgIpc) is 2.69. The van der Waals surface area contributed by atoms with Crippen molar-refractivity contribution in [3.8, 4) is 29.1 Å². The van der Waals surface area contributed by atoms with Crippen LogP contribution in [0.15, 0.2) is 38.6 Å². The van der Waals surface area contributed by atoms with Gasteiger partial charge in [0.25, 0.3) is 11.1 Å². The molecule has 3 rings (SSSR count). The van der Waals surface area contributed by atoms with Crippen LogP contribution < -0.4 is 26.3 Å². The number of benzene rings is 1. The number of rotatable bonds is 4. The maximum absolute atomic E-state index is 12.1. The molecule has 2 N–H and O–H groups in total.